The molecule has 2 aromatic rings. The van der Waals surface area contributed by atoms with Crippen LogP contribution in [-0.4, -0.2) is 41.0 Å². The van der Waals surface area contributed by atoms with Crippen molar-refractivity contribution in [2.24, 2.45) is 5.73 Å². The molecule has 0 spiro atoms. The lowest BCUT2D eigenvalue weighted by Gasteiger charge is -2.32. The maximum atomic E-state index is 12.0. The number of nitrogens with one attached hydrogen (secondary N) is 1. The number of primary amides is 1. The first-order chi connectivity index (χ1) is 9.65. The summed E-state index contributed by atoms with van der Waals surface area (Å²) in [5, 5.41) is 3.04. The van der Waals surface area contributed by atoms with Gasteiger partial charge in [-0.25, -0.2) is 4.98 Å². The van der Waals surface area contributed by atoms with Crippen LogP contribution >= 0.6 is 0 Å². The van der Waals surface area contributed by atoms with Gasteiger partial charge in [-0.05, 0) is 12.1 Å². The molecule has 0 saturated carbocycles. The Labute approximate surface area is 115 Å². The van der Waals surface area contributed by atoms with Crippen LogP contribution in [0.3, 0.4) is 0 Å². The van der Waals surface area contributed by atoms with Crippen LogP contribution in [0.4, 0.5) is 5.82 Å². The second-order valence-electron chi connectivity index (χ2n) is 4.74. The van der Waals surface area contributed by atoms with Gasteiger partial charge in [0.05, 0.1) is 0 Å². The highest BCUT2D eigenvalue weighted by atomic mass is 16.1. The highest BCUT2D eigenvalue weighted by molar-refractivity contribution is 5.80. The van der Waals surface area contributed by atoms with Crippen LogP contribution in [-0.2, 0) is 4.79 Å². The summed E-state index contributed by atoms with van der Waals surface area (Å²) in [5.41, 5.74) is 5.76. The summed E-state index contributed by atoms with van der Waals surface area (Å²) in [5.74, 6) is 0.182. The molecular formula is C13H15N5O2. The van der Waals surface area contributed by atoms with Crippen LogP contribution in [0.1, 0.15) is 0 Å². The fourth-order valence-corrected chi connectivity index (χ4v) is 2.35. The van der Waals surface area contributed by atoms with E-state index in [0.717, 1.165) is 0 Å². The molecule has 0 aromatic carbocycles. The van der Waals surface area contributed by atoms with Gasteiger partial charge in [-0.15, -0.1) is 0 Å². The Kier molecular flexibility index (Phi) is 3.11. The molecule has 0 aliphatic carbocycles. The van der Waals surface area contributed by atoms with Gasteiger partial charge in [0.2, 0.25) is 5.91 Å². The summed E-state index contributed by atoms with van der Waals surface area (Å²) in [7, 11) is 0. The predicted octanol–water partition coefficient (Wildman–Crippen LogP) is -1.04. The van der Waals surface area contributed by atoms with Crippen LogP contribution in [0.2, 0.25) is 0 Å². The molecular weight excluding hydrogens is 258 g/mol. The normalized spacial score (nSPS) is 19.2. The fourth-order valence-electron chi connectivity index (χ4n) is 2.35. The summed E-state index contributed by atoms with van der Waals surface area (Å²) in [6, 6.07) is 6.45. The maximum Gasteiger partial charge on any atom is 0.259 e. The number of carbonyl (C=O) groups is 1. The third kappa shape index (κ3) is 2.23. The van der Waals surface area contributed by atoms with E-state index in [1.165, 1.54) is 10.5 Å². The summed E-state index contributed by atoms with van der Waals surface area (Å²) >= 11 is 0. The van der Waals surface area contributed by atoms with Crippen molar-refractivity contribution in [3.05, 3.63) is 40.8 Å². The van der Waals surface area contributed by atoms with E-state index in [4.69, 9.17) is 5.73 Å². The van der Waals surface area contributed by atoms with Crippen molar-refractivity contribution in [3.63, 3.8) is 0 Å². The number of amides is 1. The summed E-state index contributed by atoms with van der Waals surface area (Å²) in [4.78, 5) is 29.7. The predicted molar refractivity (Wildman–Crippen MR) is 74.7 cm³/mol. The van der Waals surface area contributed by atoms with E-state index in [1.54, 1.807) is 18.3 Å². The number of hydrogen-bond donors (Lipinski definition) is 2. The molecule has 1 fully saturated rings. The lowest BCUT2D eigenvalue weighted by atomic mass is 10.2. The number of aromatic nitrogens is 2. The number of fused-ring (bicyclic) bond motifs is 1. The fraction of sp³-hybridized carbons (Fsp3) is 0.308. The van der Waals surface area contributed by atoms with Gasteiger partial charge < -0.3 is 16.0 Å². The Morgan fingerprint density at radius 2 is 2.30 bits per heavy atom. The minimum atomic E-state index is -0.417. The van der Waals surface area contributed by atoms with E-state index in [2.05, 4.69) is 10.3 Å². The van der Waals surface area contributed by atoms with E-state index in [-0.39, 0.29) is 5.56 Å². The molecule has 20 heavy (non-hydrogen) atoms. The van der Waals surface area contributed by atoms with Crippen molar-refractivity contribution in [2.75, 3.05) is 24.5 Å². The number of carbonyl (C=O) groups excluding carboxylic acids is 1. The molecule has 7 nitrogen and oxygen atoms in total. The molecule has 7 heteroatoms. The van der Waals surface area contributed by atoms with Crippen molar-refractivity contribution in [1.82, 2.24) is 14.7 Å². The zero-order valence-corrected chi connectivity index (χ0v) is 10.8. The van der Waals surface area contributed by atoms with Crippen molar-refractivity contribution in [3.8, 4) is 0 Å². The maximum absolute atomic E-state index is 12.0. The number of hydrogen-bond acceptors (Lipinski definition) is 5. The minimum Gasteiger partial charge on any atom is -0.368 e. The van der Waals surface area contributed by atoms with Crippen LogP contribution in [0.25, 0.3) is 5.65 Å². The van der Waals surface area contributed by atoms with E-state index in [9.17, 15) is 9.59 Å². The molecule has 1 aliphatic rings. The topological polar surface area (TPSA) is 92.7 Å². The van der Waals surface area contributed by atoms with E-state index < -0.39 is 11.9 Å². The Balaban J connectivity index is 1.98. The zero-order chi connectivity index (χ0) is 14.1. The number of nitrogens with two attached hydrogens (primary N) is 1. The lowest BCUT2D eigenvalue weighted by molar-refractivity contribution is -0.120. The van der Waals surface area contributed by atoms with Gasteiger partial charge in [-0.3, -0.25) is 14.0 Å². The smallest absolute Gasteiger partial charge is 0.259 e. The Morgan fingerprint density at radius 3 is 3.10 bits per heavy atom. The van der Waals surface area contributed by atoms with Gasteiger partial charge in [0.15, 0.2) is 0 Å². The van der Waals surface area contributed by atoms with E-state index in [0.29, 0.717) is 31.1 Å². The van der Waals surface area contributed by atoms with Crippen molar-refractivity contribution >= 4 is 17.4 Å². The molecule has 1 aliphatic heterocycles. The highest BCUT2D eigenvalue weighted by Crippen LogP contribution is 2.12. The van der Waals surface area contributed by atoms with Crippen LogP contribution in [0, 0.1) is 0 Å². The van der Waals surface area contributed by atoms with Gasteiger partial charge in [0.25, 0.3) is 5.56 Å². The summed E-state index contributed by atoms with van der Waals surface area (Å²) in [6.45, 7) is 1.73. The number of piperazine rings is 1. The monoisotopic (exact) mass is 273 g/mol. The first-order valence-electron chi connectivity index (χ1n) is 6.41. The first kappa shape index (κ1) is 12.6. The molecule has 3 rings (SSSR count). The van der Waals surface area contributed by atoms with Gasteiger partial charge in [-0.2, -0.15) is 0 Å². The highest BCUT2D eigenvalue weighted by Gasteiger charge is 2.24. The second-order valence-corrected chi connectivity index (χ2v) is 4.74. The van der Waals surface area contributed by atoms with Crippen LogP contribution in [0.5, 0.6) is 0 Å². The Hall–Kier alpha value is -2.41. The molecule has 3 heterocycles. The molecule has 0 radical (unpaired) electrons. The lowest BCUT2D eigenvalue weighted by Crippen LogP contribution is -2.56. The molecule has 104 valence electrons. The average molecular weight is 273 g/mol. The third-order valence-electron chi connectivity index (χ3n) is 3.40. The van der Waals surface area contributed by atoms with E-state index in [1.807, 2.05) is 11.0 Å². The minimum absolute atomic E-state index is 0.139. The summed E-state index contributed by atoms with van der Waals surface area (Å²) < 4.78 is 1.48. The Bertz CT molecular complexity index is 711. The van der Waals surface area contributed by atoms with Gasteiger partial charge in [0.1, 0.15) is 17.5 Å². The molecule has 2 aromatic heterocycles. The van der Waals surface area contributed by atoms with Crippen LogP contribution in [0.15, 0.2) is 35.3 Å². The number of anilines is 1. The zero-order valence-electron chi connectivity index (χ0n) is 10.8. The molecule has 3 N–H and O–H groups in total. The van der Waals surface area contributed by atoms with Crippen LogP contribution < -0.4 is 21.5 Å². The van der Waals surface area contributed by atoms with Gasteiger partial charge in [-0.1, -0.05) is 6.07 Å². The number of nitrogens with zero attached hydrogens (tertiary/aromatic N) is 3. The molecule has 1 saturated heterocycles. The summed E-state index contributed by atoms with van der Waals surface area (Å²) in [6.07, 6.45) is 1.68. The quantitative estimate of drug-likeness (QED) is 0.729. The van der Waals surface area contributed by atoms with Crippen molar-refractivity contribution < 1.29 is 4.79 Å². The second kappa shape index (κ2) is 4.93. The number of rotatable bonds is 2. The van der Waals surface area contributed by atoms with Gasteiger partial charge in [0, 0.05) is 31.9 Å². The molecule has 0 unspecified atom stereocenters. The average Bonchev–Trinajstić information content (AvgIpc) is 2.47. The first-order valence-corrected chi connectivity index (χ1v) is 6.41. The molecule has 1 amide bonds. The van der Waals surface area contributed by atoms with E-state index >= 15 is 0 Å². The number of pyridine rings is 1. The Morgan fingerprint density at radius 1 is 1.45 bits per heavy atom. The molecule has 1 atom stereocenters. The van der Waals surface area contributed by atoms with Crippen molar-refractivity contribution in [1.29, 1.82) is 0 Å². The SMILES string of the molecule is NC(=O)[C@H]1CN(c2cc(=O)n3ccccc3n2)CCN1. The van der Waals surface area contributed by atoms with Gasteiger partial charge >= 0.3 is 0 Å². The largest absolute Gasteiger partial charge is 0.368 e. The van der Waals surface area contributed by atoms with Crippen molar-refractivity contribution in [2.45, 2.75) is 6.04 Å². The third-order valence-corrected chi connectivity index (χ3v) is 3.40. The standard InChI is InChI=1S/C13H15N5O2/c14-13(20)9-8-17(6-4-15-9)11-7-12(19)18-5-2-1-3-10(18)16-11/h1-3,5,7,9,15H,4,6,8H2,(H2,14,20)/t9-/m1/s1. The molecule has 0 bridgehead atoms.